The van der Waals surface area contributed by atoms with Gasteiger partial charge in [0.2, 0.25) is 5.52 Å². The van der Waals surface area contributed by atoms with Crippen LogP contribution in [0.25, 0.3) is 22.2 Å². The number of fused-ring (bicyclic) bond motifs is 1. The number of aromatic amines is 1. The molecule has 0 bridgehead atoms. The zero-order valence-corrected chi connectivity index (χ0v) is 9.46. The van der Waals surface area contributed by atoms with Crippen molar-refractivity contribution in [3.63, 3.8) is 0 Å². The first kappa shape index (κ1) is 10.5. The van der Waals surface area contributed by atoms with Crippen molar-refractivity contribution in [2.75, 3.05) is 0 Å². The number of nitrogens with one attached hydrogen (secondary N) is 1. The molecular weight excluding hydrogens is 228 g/mol. The van der Waals surface area contributed by atoms with Gasteiger partial charge in [-0.15, -0.1) is 0 Å². The van der Waals surface area contributed by atoms with Gasteiger partial charge >= 0.3 is 0 Å². The highest BCUT2D eigenvalue weighted by molar-refractivity contribution is 5.78. The molecule has 0 amide bonds. The fraction of sp³-hybridized carbons (Fsp3) is 0. The second kappa shape index (κ2) is 4.00. The summed E-state index contributed by atoms with van der Waals surface area (Å²) in [5, 5.41) is 12.1. The van der Waals surface area contributed by atoms with E-state index in [4.69, 9.17) is 0 Å². The Balaban J connectivity index is 2.34. The highest BCUT2D eigenvalue weighted by Crippen LogP contribution is 2.17. The van der Waals surface area contributed by atoms with Crippen LogP contribution in [0.15, 0.2) is 59.5 Å². The van der Waals surface area contributed by atoms with Crippen molar-refractivity contribution in [2.24, 2.45) is 0 Å². The first-order valence-corrected chi connectivity index (χ1v) is 5.56. The Bertz CT molecular complexity index is 764. The molecule has 88 valence electrons. The van der Waals surface area contributed by atoms with Gasteiger partial charge in [0.1, 0.15) is 5.39 Å². The van der Waals surface area contributed by atoms with Crippen molar-refractivity contribution in [1.29, 1.82) is 0 Å². The molecule has 0 aliphatic carbocycles. The number of pyridine rings is 2. The average Bonchev–Trinajstić information content (AvgIpc) is 2.41. The lowest BCUT2D eigenvalue weighted by atomic mass is 10.1. The van der Waals surface area contributed by atoms with Gasteiger partial charge in [0, 0.05) is 12.1 Å². The van der Waals surface area contributed by atoms with Gasteiger partial charge in [0.05, 0.1) is 5.69 Å². The number of hydrogen-bond donors (Lipinski definition) is 1. The quantitative estimate of drug-likeness (QED) is 0.519. The molecule has 0 fully saturated rings. The van der Waals surface area contributed by atoms with E-state index in [0.717, 1.165) is 5.56 Å². The summed E-state index contributed by atoms with van der Waals surface area (Å²) in [5.41, 5.74) is 1.64. The SMILES string of the molecule is O=c1[nH]c(-c2ccccc2)cc2c1ccc[n+]2[O-]. The molecule has 18 heavy (non-hydrogen) atoms. The van der Waals surface area contributed by atoms with E-state index < -0.39 is 0 Å². The molecule has 4 heteroatoms. The van der Waals surface area contributed by atoms with Gasteiger partial charge in [-0.2, -0.15) is 4.73 Å². The molecule has 0 saturated heterocycles. The van der Waals surface area contributed by atoms with Gasteiger partial charge < -0.3 is 10.2 Å². The fourth-order valence-corrected chi connectivity index (χ4v) is 1.97. The molecule has 0 spiro atoms. The van der Waals surface area contributed by atoms with E-state index in [0.29, 0.717) is 21.3 Å². The Morgan fingerprint density at radius 2 is 1.83 bits per heavy atom. The summed E-state index contributed by atoms with van der Waals surface area (Å²) in [7, 11) is 0. The molecule has 3 aromatic rings. The van der Waals surface area contributed by atoms with Crippen LogP contribution < -0.4 is 10.3 Å². The monoisotopic (exact) mass is 238 g/mol. The maximum atomic E-state index is 11.9. The van der Waals surface area contributed by atoms with Crippen LogP contribution in [0.2, 0.25) is 0 Å². The number of hydrogen-bond acceptors (Lipinski definition) is 2. The van der Waals surface area contributed by atoms with Crippen LogP contribution in [-0.4, -0.2) is 4.98 Å². The van der Waals surface area contributed by atoms with Gasteiger partial charge in [-0.3, -0.25) is 4.79 Å². The molecule has 1 N–H and O–H groups in total. The summed E-state index contributed by atoms with van der Waals surface area (Å²) in [6, 6.07) is 14.3. The number of nitrogens with zero attached hydrogens (tertiary/aromatic N) is 1. The van der Waals surface area contributed by atoms with Crippen molar-refractivity contribution in [3.8, 4) is 11.3 Å². The van der Waals surface area contributed by atoms with Crippen LogP contribution >= 0.6 is 0 Å². The first-order chi connectivity index (χ1) is 8.75. The van der Waals surface area contributed by atoms with E-state index in [-0.39, 0.29) is 5.56 Å². The van der Waals surface area contributed by atoms with Crippen molar-refractivity contribution >= 4 is 10.9 Å². The van der Waals surface area contributed by atoms with Gasteiger partial charge in [0.15, 0.2) is 6.20 Å². The van der Waals surface area contributed by atoms with E-state index in [1.807, 2.05) is 30.3 Å². The topological polar surface area (TPSA) is 59.8 Å². The van der Waals surface area contributed by atoms with Crippen molar-refractivity contribution < 1.29 is 4.73 Å². The van der Waals surface area contributed by atoms with Gasteiger partial charge in [0.25, 0.3) is 5.56 Å². The maximum Gasteiger partial charge on any atom is 0.262 e. The largest absolute Gasteiger partial charge is 0.618 e. The Labute approximate surface area is 103 Å². The Morgan fingerprint density at radius 3 is 2.61 bits per heavy atom. The van der Waals surface area contributed by atoms with Crippen molar-refractivity contribution in [1.82, 2.24) is 4.98 Å². The van der Waals surface area contributed by atoms with Crippen LogP contribution in [0.1, 0.15) is 0 Å². The third-order valence-corrected chi connectivity index (χ3v) is 2.86. The van der Waals surface area contributed by atoms with Gasteiger partial charge in [-0.05, 0) is 11.6 Å². The summed E-state index contributed by atoms with van der Waals surface area (Å²) in [5.74, 6) is 0. The molecule has 2 aromatic heterocycles. The summed E-state index contributed by atoms with van der Waals surface area (Å²) in [6.07, 6.45) is 1.39. The smallest absolute Gasteiger partial charge is 0.262 e. The highest BCUT2D eigenvalue weighted by atomic mass is 16.5. The van der Waals surface area contributed by atoms with Crippen LogP contribution in [0.4, 0.5) is 0 Å². The van der Waals surface area contributed by atoms with Gasteiger partial charge in [-0.25, -0.2) is 0 Å². The molecule has 4 nitrogen and oxygen atoms in total. The van der Waals surface area contributed by atoms with Crippen molar-refractivity contribution in [3.05, 3.63) is 70.3 Å². The van der Waals surface area contributed by atoms with E-state index in [2.05, 4.69) is 4.98 Å². The molecule has 0 saturated carbocycles. The second-order valence-electron chi connectivity index (χ2n) is 4.01. The van der Waals surface area contributed by atoms with Crippen LogP contribution in [0.3, 0.4) is 0 Å². The van der Waals surface area contributed by atoms with Gasteiger partial charge in [-0.1, -0.05) is 30.3 Å². The van der Waals surface area contributed by atoms with Crippen molar-refractivity contribution in [2.45, 2.75) is 0 Å². The Kier molecular flexibility index (Phi) is 2.34. The summed E-state index contributed by atoms with van der Waals surface area (Å²) in [6.45, 7) is 0. The summed E-state index contributed by atoms with van der Waals surface area (Å²) >= 11 is 0. The standard InChI is InChI=1S/C14H10N2O2/c17-14-11-7-4-8-16(18)13(11)9-12(15-14)10-5-2-1-3-6-10/h1-9H,(H,15,17). The molecular formula is C14H10N2O2. The number of aromatic nitrogens is 2. The molecule has 0 aliphatic rings. The predicted molar refractivity (Wildman–Crippen MR) is 69.0 cm³/mol. The summed E-state index contributed by atoms with van der Waals surface area (Å²) in [4.78, 5) is 14.7. The molecule has 1 aromatic carbocycles. The lowest BCUT2D eigenvalue weighted by molar-refractivity contribution is -0.577. The molecule has 2 heterocycles. The average molecular weight is 238 g/mol. The third kappa shape index (κ3) is 1.64. The highest BCUT2D eigenvalue weighted by Gasteiger charge is 2.09. The minimum Gasteiger partial charge on any atom is -0.618 e. The molecule has 0 radical (unpaired) electrons. The molecule has 3 rings (SSSR count). The minimum atomic E-state index is -0.253. The number of benzene rings is 1. The molecule has 0 aliphatic heterocycles. The van der Waals surface area contributed by atoms with E-state index in [1.54, 1.807) is 18.2 Å². The Morgan fingerprint density at radius 1 is 1.06 bits per heavy atom. The van der Waals surface area contributed by atoms with E-state index in [9.17, 15) is 10.0 Å². The van der Waals surface area contributed by atoms with Crippen LogP contribution in [0.5, 0.6) is 0 Å². The van der Waals surface area contributed by atoms with E-state index >= 15 is 0 Å². The zero-order chi connectivity index (χ0) is 12.5. The molecule has 0 atom stereocenters. The lowest BCUT2D eigenvalue weighted by Gasteiger charge is -2.04. The first-order valence-electron chi connectivity index (χ1n) is 5.56. The second-order valence-corrected chi connectivity index (χ2v) is 4.01. The third-order valence-electron chi connectivity index (χ3n) is 2.86. The van der Waals surface area contributed by atoms with E-state index in [1.165, 1.54) is 6.20 Å². The zero-order valence-electron chi connectivity index (χ0n) is 9.46. The Hall–Kier alpha value is -2.62. The fourth-order valence-electron chi connectivity index (χ4n) is 1.97. The predicted octanol–water partition coefficient (Wildman–Crippen LogP) is 1.83. The maximum absolute atomic E-state index is 11.9. The normalized spacial score (nSPS) is 10.7. The van der Waals surface area contributed by atoms with Crippen LogP contribution in [0, 0.1) is 5.21 Å². The minimum absolute atomic E-state index is 0.253. The van der Waals surface area contributed by atoms with Crippen LogP contribution in [-0.2, 0) is 0 Å². The number of rotatable bonds is 1. The summed E-state index contributed by atoms with van der Waals surface area (Å²) < 4.78 is 0.705. The number of H-pyrrole nitrogens is 1. The molecule has 0 unspecified atom stereocenters. The lowest BCUT2D eigenvalue weighted by Crippen LogP contribution is -2.28.